The molecule has 20 heavy (non-hydrogen) atoms. The largest absolute Gasteiger partial charge is 0.407 e. The van der Waals surface area contributed by atoms with Crippen LogP contribution in [0.2, 0.25) is 0 Å². The van der Waals surface area contributed by atoms with Crippen LogP contribution in [-0.2, 0) is 11.3 Å². The summed E-state index contributed by atoms with van der Waals surface area (Å²) in [5.74, 6) is 1.19. The molecule has 7 heteroatoms. The molecule has 2 heterocycles. The van der Waals surface area contributed by atoms with Crippen LogP contribution >= 0.6 is 0 Å². The van der Waals surface area contributed by atoms with Crippen LogP contribution in [0.5, 0.6) is 0 Å². The van der Waals surface area contributed by atoms with Crippen molar-refractivity contribution in [1.82, 2.24) is 20.4 Å². The van der Waals surface area contributed by atoms with Gasteiger partial charge in [0, 0.05) is 13.1 Å². The smallest absolute Gasteiger partial charge is 0.315 e. The molecule has 0 aliphatic carbocycles. The number of aromatic nitrogens is 2. The zero-order chi connectivity index (χ0) is 14.4. The second-order valence-corrected chi connectivity index (χ2v) is 5.47. The molecule has 2 rings (SSSR count). The summed E-state index contributed by atoms with van der Waals surface area (Å²) >= 11 is 0. The van der Waals surface area contributed by atoms with E-state index in [0.717, 1.165) is 32.5 Å². The molecule has 0 atom stereocenters. The maximum Gasteiger partial charge on any atom is 0.315 e. The molecule has 2 N–H and O–H groups in total. The topological polar surface area (TPSA) is 83.3 Å². The van der Waals surface area contributed by atoms with Crippen molar-refractivity contribution in [2.24, 2.45) is 5.92 Å². The molecule has 0 bridgehead atoms. The van der Waals surface area contributed by atoms with E-state index in [1.54, 1.807) is 0 Å². The first-order chi connectivity index (χ1) is 9.65. The molecule has 0 unspecified atom stereocenters. The lowest BCUT2D eigenvalue weighted by atomic mass is 10.2. The molecule has 0 aromatic carbocycles. The second-order valence-electron chi connectivity index (χ2n) is 5.47. The quantitative estimate of drug-likeness (QED) is 0.771. The molecule has 1 aliphatic rings. The highest BCUT2D eigenvalue weighted by atomic mass is 16.4. The molecule has 0 radical (unpaired) electrons. The Bertz CT molecular complexity index is 426. The fraction of sp³-hybridized carbons (Fsp3) is 0.769. The van der Waals surface area contributed by atoms with Crippen molar-refractivity contribution in [3.8, 4) is 0 Å². The zero-order valence-electron chi connectivity index (χ0n) is 12.2. The van der Waals surface area contributed by atoms with E-state index in [1.165, 1.54) is 0 Å². The summed E-state index contributed by atoms with van der Waals surface area (Å²) in [6.07, 6.45) is 2.19. The number of nitrogens with one attached hydrogen (secondary N) is 2. The van der Waals surface area contributed by atoms with Crippen LogP contribution in [0.3, 0.4) is 0 Å². The summed E-state index contributed by atoms with van der Waals surface area (Å²) in [6.45, 7) is 7.64. The monoisotopic (exact) mass is 281 g/mol. The number of nitrogens with zero attached hydrogens (tertiary/aromatic N) is 3. The van der Waals surface area contributed by atoms with Gasteiger partial charge in [-0.25, -0.2) is 0 Å². The summed E-state index contributed by atoms with van der Waals surface area (Å²) in [7, 11) is 0. The molecule has 7 nitrogen and oxygen atoms in total. The van der Waals surface area contributed by atoms with E-state index in [9.17, 15) is 4.79 Å². The number of carbonyl (C=O) groups excluding carboxylic acids is 1. The third kappa shape index (κ3) is 4.48. The number of hydrogen-bond acceptors (Lipinski definition) is 6. The first kappa shape index (κ1) is 14.8. The van der Waals surface area contributed by atoms with Crippen LogP contribution in [0.25, 0.3) is 0 Å². The van der Waals surface area contributed by atoms with E-state index in [1.807, 2.05) is 4.90 Å². The minimum atomic E-state index is 0.0835. The number of hydrogen-bond donors (Lipinski definition) is 2. The van der Waals surface area contributed by atoms with Crippen LogP contribution in [-0.4, -0.2) is 47.2 Å². The van der Waals surface area contributed by atoms with Gasteiger partial charge in [-0.15, -0.1) is 5.10 Å². The number of anilines is 1. The van der Waals surface area contributed by atoms with Crippen molar-refractivity contribution >= 4 is 11.9 Å². The van der Waals surface area contributed by atoms with Gasteiger partial charge in [-0.1, -0.05) is 18.9 Å². The van der Waals surface area contributed by atoms with Crippen molar-refractivity contribution in [1.29, 1.82) is 0 Å². The third-order valence-corrected chi connectivity index (χ3v) is 3.15. The van der Waals surface area contributed by atoms with Crippen molar-refractivity contribution in [3.05, 3.63) is 5.89 Å². The molecule has 112 valence electrons. The number of carbonyl (C=O) groups is 1. The minimum absolute atomic E-state index is 0.0835. The number of likely N-dealkylation sites (tertiary alicyclic amines) is 1. The van der Waals surface area contributed by atoms with E-state index in [0.29, 0.717) is 24.4 Å². The summed E-state index contributed by atoms with van der Waals surface area (Å²) < 4.78 is 5.41. The average molecular weight is 281 g/mol. The SMILES string of the molecule is CC(C)CNCc1nnc(NCC(=O)N2CCCC2)o1. The molecule has 1 amide bonds. The predicted octanol–water partition coefficient (Wildman–Crippen LogP) is 0.849. The molecule has 1 aromatic heterocycles. The van der Waals surface area contributed by atoms with Gasteiger partial charge in [0.25, 0.3) is 0 Å². The Morgan fingerprint density at radius 3 is 2.80 bits per heavy atom. The Morgan fingerprint density at radius 1 is 1.35 bits per heavy atom. The Labute approximate surface area is 119 Å². The second kappa shape index (κ2) is 7.23. The summed E-state index contributed by atoms with van der Waals surface area (Å²) in [4.78, 5) is 13.7. The van der Waals surface area contributed by atoms with Crippen LogP contribution in [0.4, 0.5) is 6.01 Å². The summed E-state index contributed by atoms with van der Waals surface area (Å²) in [6, 6.07) is 0.305. The van der Waals surface area contributed by atoms with Crippen molar-refractivity contribution < 1.29 is 9.21 Å². The van der Waals surface area contributed by atoms with E-state index < -0.39 is 0 Å². The van der Waals surface area contributed by atoms with Gasteiger partial charge in [0.05, 0.1) is 13.1 Å². The van der Waals surface area contributed by atoms with Crippen molar-refractivity contribution in [2.75, 3.05) is 31.5 Å². The van der Waals surface area contributed by atoms with Gasteiger partial charge in [-0.3, -0.25) is 4.79 Å². The molecule has 1 aromatic rings. The van der Waals surface area contributed by atoms with Gasteiger partial charge in [-0.05, 0) is 25.3 Å². The van der Waals surface area contributed by atoms with Gasteiger partial charge in [0.15, 0.2) is 0 Å². The third-order valence-electron chi connectivity index (χ3n) is 3.15. The predicted molar refractivity (Wildman–Crippen MR) is 75.1 cm³/mol. The number of rotatable bonds is 7. The highest BCUT2D eigenvalue weighted by molar-refractivity contribution is 5.80. The zero-order valence-corrected chi connectivity index (χ0v) is 12.2. The fourth-order valence-electron chi connectivity index (χ4n) is 2.09. The summed E-state index contributed by atoms with van der Waals surface area (Å²) in [5, 5.41) is 13.9. The van der Waals surface area contributed by atoms with Crippen molar-refractivity contribution in [3.63, 3.8) is 0 Å². The lowest BCUT2D eigenvalue weighted by Crippen LogP contribution is -2.33. The van der Waals surface area contributed by atoms with Gasteiger partial charge >= 0.3 is 6.01 Å². The molecule has 1 aliphatic heterocycles. The van der Waals surface area contributed by atoms with Crippen LogP contribution in [0.15, 0.2) is 4.42 Å². The maximum absolute atomic E-state index is 11.8. The molecule has 1 fully saturated rings. The van der Waals surface area contributed by atoms with Gasteiger partial charge < -0.3 is 20.0 Å². The molecule has 0 spiro atoms. The lowest BCUT2D eigenvalue weighted by Gasteiger charge is -2.14. The molecular weight excluding hydrogens is 258 g/mol. The highest BCUT2D eigenvalue weighted by Gasteiger charge is 2.18. The maximum atomic E-state index is 11.8. The minimum Gasteiger partial charge on any atom is -0.407 e. The Morgan fingerprint density at radius 2 is 2.10 bits per heavy atom. The number of amides is 1. The van der Waals surface area contributed by atoms with Gasteiger partial charge in [0.1, 0.15) is 0 Å². The van der Waals surface area contributed by atoms with E-state index in [4.69, 9.17) is 4.42 Å². The van der Waals surface area contributed by atoms with Crippen LogP contribution < -0.4 is 10.6 Å². The lowest BCUT2D eigenvalue weighted by molar-refractivity contribution is -0.128. The van der Waals surface area contributed by atoms with Gasteiger partial charge in [-0.2, -0.15) is 0 Å². The highest BCUT2D eigenvalue weighted by Crippen LogP contribution is 2.09. The van der Waals surface area contributed by atoms with Crippen LogP contribution in [0, 0.1) is 5.92 Å². The first-order valence-corrected chi connectivity index (χ1v) is 7.20. The molecular formula is C13H23N5O2. The van der Waals surface area contributed by atoms with E-state index >= 15 is 0 Å². The normalized spacial score (nSPS) is 15.1. The molecule has 1 saturated heterocycles. The standard InChI is InChI=1S/C13H23N5O2/c1-10(2)7-14-8-11-16-17-13(20-11)15-9-12(19)18-5-3-4-6-18/h10,14H,3-9H2,1-2H3,(H,15,17). The van der Waals surface area contributed by atoms with Crippen LogP contribution in [0.1, 0.15) is 32.6 Å². The summed E-state index contributed by atoms with van der Waals surface area (Å²) in [5.41, 5.74) is 0. The van der Waals surface area contributed by atoms with Gasteiger partial charge in [0.2, 0.25) is 11.8 Å². The van der Waals surface area contributed by atoms with E-state index in [-0.39, 0.29) is 12.5 Å². The molecule has 0 saturated carbocycles. The Balaban J connectivity index is 1.70. The average Bonchev–Trinajstić information content (AvgIpc) is 3.07. The Kier molecular flexibility index (Phi) is 5.34. The van der Waals surface area contributed by atoms with E-state index in [2.05, 4.69) is 34.7 Å². The first-order valence-electron chi connectivity index (χ1n) is 7.20. The Hall–Kier alpha value is -1.63. The van der Waals surface area contributed by atoms with Crippen molar-refractivity contribution in [2.45, 2.75) is 33.2 Å². The fourth-order valence-corrected chi connectivity index (χ4v) is 2.09.